The highest BCUT2D eigenvalue weighted by atomic mass is 16.6. The lowest BCUT2D eigenvalue weighted by atomic mass is 9.98. The van der Waals surface area contributed by atoms with Crippen LogP contribution >= 0.6 is 0 Å². The molecule has 0 aliphatic heterocycles. The third kappa shape index (κ3) is 2.87. The summed E-state index contributed by atoms with van der Waals surface area (Å²) in [5.74, 6) is 0.0446. The average Bonchev–Trinajstić information content (AvgIpc) is 2.60. The van der Waals surface area contributed by atoms with E-state index in [2.05, 4.69) is 17.3 Å². The van der Waals surface area contributed by atoms with E-state index in [0.29, 0.717) is 11.4 Å². The standard InChI is InChI=1S/C12H22N4O2/c1-6-7-13-9(3)8(2)11-12(16(17)18)10(4)14-15(11)5/h8-9,13H,6-7H2,1-5H3. The fraction of sp³-hybridized carbons (Fsp3) is 0.750. The summed E-state index contributed by atoms with van der Waals surface area (Å²) >= 11 is 0. The zero-order chi connectivity index (χ0) is 13.9. The molecular formula is C12H22N4O2. The maximum absolute atomic E-state index is 11.1. The number of rotatable bonds is 6. The molecule has 6 heteroatoms. The van der Waals surface area contributed by atoms with Crippen LogP contribution < -0.4 is 5.32 Å². The van der Waals surface area contributed by atoms with Crippen molar-refractivity contribution < 1.29 is 4.92 Å². The normalized spacial score (nSPS) is 14.5. The summed E-state index contributed by atoms with van der Waals surface area (Å²) in [6.45, 7) is 8.73. The van der Waals surface area contributed by atoms with E-state index in [0.717, 1.165) is 13.0 Å². The molecule has 1 aromatic heterocycles. The molecule has 0 saturated heterocycles. The first-order valence-electron chi connectivity index (χ1n) is 6.31. The Bertz CT molecular complexity index is 428. The van der Waals surface area contributed by atoms with Gasteiger partial charge in [-0.3, -0.25) is 14.8 Å². The SMILES string of the molecule is CCCNC(C)C(C)c1c([N+](=O)[O-])c(C)nn1C. The minimum atomic E-state index is -0.333. The van der Waals surface area contributed by atoms with Gasteiger partial charge in [-0.2, -0.15) is 5.10 Å². The lowest BCUT2D eigenvalue weighted by Gasteiger charge is -2.20. The van der Waals surface area contributed by atoms with E-state index in [-0.39, 0.29) is 22.6 Å². The van der Waals surface area contributed by atoms with Crippen molar-refractivity contribution in [2.24, 2.45) is 7.05 Å². The molecule has 0 fully saturated rings. The summed E-state index contributed by atoms with van der Waals surface area (Å²) in [6, 6.07) is 0.179. The highest BCUT2D eigenvalue weighted by Crippen LogP contribution is 2.30. The van der Waals surface area contributed by atoms with Crippen LogP contribution in [0.25, 0.3) is 0 Å². The molecule has 1 aromatic rings. The number of aryl methyl sites for hydroxylation is 2. The second-order valence-electron chi connectivity index (χ2n) is 4.73. The van der Waals surface area contributed by atoms with Crippen LogP contribution in [-0.2, 0) is 7.05 Å². The highest BCUT2D eigenvalue weighted by molar-refractivity contribution is 5.42. The van der Waals surface area contributed by atoms with E-state index in [1.807, 2.05) is 13.8 Å². The first-order chi connectivity index (χ1) is 8.40. The summed E-state index contributed by atoms with van der Waals surface area (Å²) in [4.78, 5) is 10.8. The van der Waals surface area contributed by atoms with Crippen LogP contribution in [0.5, 0.6) is 0 Å². The molecule has 0 aliphatic carbocycles. The van der Waals surface area contributed by atoms with E-state index in [1.54, 1.807) is 18.7 Å². The van der Waals surface area contributed by atoms with Crippen molar-refractivity contribution in [3.05, 3.63) is 21.5 Å². The van der Waals surface area contributed by atoms with Gasteiger partial charge in [0.1, 0.15) is 11.4 Å². The number of aromatic nitrogens is 2. The zero-order valence-corrected chi connectivity index (χ0v) is 11.7. The fourth-order valence-corrected chi connectivity index (χ4v) is 2.19. The number of hydrogen-bond acceptors (Lipinski definition) is 4. The van der Waals surface area contributed by atoms with E-state index in [9.17, 15) is 10.1 Å². The first-order valence-corrected chi connectivity index (χ1v) is 6.31. The lowest BCUT2D eigenvalue weighted by molar-refractivity contribution is -0.386. The van der Waals surface area contributed by atoms with Gasteiger partial charge in [-0.25, -0.2) is 0 Å². The van der Waals surface area contributed by atoms with Crippen molar-refractivity contribution in [1.82, 2.24) is 15.1 Å². The Morgan fingerprint density at radius 3 is 2.61 bits per heavy atom. The fourth-order valence-electron chi connectivity index (χ4n) is 2.19. The molecule has 1 rings (SSSR count). The first kappa shape index (κ1) is 14.6. The van der Waals surface area contributed by atoms with E-state index >= 15 is 0 Å². The molecule has 0 bridgehead atoms. The molecule has 0 aromatic carbocycles. The second kappa shape index (κ2) is 5.95. The maximum Gasteiger partial charge on any atom is 0.313 e. The van der Waals surface area contributed by atoms with Crippen molar-refractivity contribution in [2.45, 2.75) is 46.1 Å². The summed E-state index contributed by atoms with van der Waals surface area (Å²) in [5.41, 5.74) is 1.32. The Hall–Kier alpha value is -1.43. The third-order valence-corrected chi connectivity index (χ3v) is 3.31. The topological polar surface area (TPSA) is 73.0 Å². The van der Waals surface area contributed by atoms with E-state index in [4.69, 9.17) is 0 Å². The van der Waals surface area contributed by atoms with Crippen molar-refractivity contribution in [3.63, 3.8) is 0 Å². The summed E-state index contributed by atoms with van der Waals surface area (Å²) in [6.07, 6.45) is 1.05. The zero-order valence-electron chi connectivity index (χ0n) is 11.7. The highest BCUT2D eigenvalue weighted by Gasteiger charge is 2.30. The number of nitrogens with zero attached hydrogens (tertiary/aromatic N) is 3. The molecule has 1 heterocycles. The van der Waals surface area contributed by atoms with Crippen LogP contribution in [0.2, 0.25) is 0 Å². The van der Waals surface area contributed by atoms with Gasteiger partial charge in [0.2, 0.25) is 0 Å². The van der Waals surface area contributed by atoms with Crippen molar-refractivity contribution in [1.29, 1.82) is 0 Å². The number of nitrogens with one attached hydrogen (secondary N) is 1. The molecule has 0 amide bonds. The quantitative estimate of drug-likeness (QED) is 0.623. The van der Waals surface area contributed by atoms with Crippen LogP contribution in [0.3, 0.4) is 0 Å². The molecule has 2 unspecified atom stereocenters. The summed E-state index contributed by atoms with van der Waals surface area (Å²) in [7, 11) is 1.76. The molecule has 0 aliphatic rings. The molecule has 6 nitrogen and oxygen atoms in total. The largest absolute Gasteiger partial charge is 0.314 e. The Balaban J connectivity index is 3.04. The van der Waals surface area contributed by atoms with Crippen LogP contribution in [-0.4, -0.2) is 27.3 Å². The molecule has 102 valence electrons. The molecule has 18 heavy (non-hydrogen) atoms. The van der Waals surface area contributed by atoms with Crippen LogP contribution in [0, 0.1) is 17.0 Å². The number of nitro groups is 1. The van der Waals surface area contributed by atoms with Gasteiger partial charge in [-0.15, -0.1) is 0 Å². The minimum absolute atomic E-state index is 0.0446. The van der Waals surface area contributed by atoms with Crippen molar-refractivity contribution in [3.8, 4) is 0 Å². The third-order valence-electron chi connectivity index (χ3n) is 3.31. The van der Waals surface area contributed by atoms with Crippen molar-refractivity contribution in [2.75, 3.05) is 6.54 Å². The molecule has 2 atom stereocenters. The van der Waals surface area contributed by atoms with Crippen LogP contribution in [0.15, 0.2) is 0 Å². The molecule has 0 radical (unpaired) electrons. The molecular weight excluding hydrogens is 232 g/mol. The predicted octanol–water partition coefficient (Wildman–Crippen LogP) is 2.13. The Labute approximate surface area is 108 Å². The Morgan fingerprint density at radius 2 is 2.11 bits per heavy atom. The van der Waals surface area contributed by atoms with Crippen molar-refractivity contribution >= 4 is 5.69 Å². The summed E-state index contributed by atoms with van der Waals surface area (Å²) < 4.78 is 1.63. The van der Waals surface area contributed by atoms with Gasteiger partial charge in [0.15, 0.2) is 0 Å². The van der Waals surface area contributed by atoms with Gasteiger partial charge in [0, 0.05) is 19.0 Å². The van der Waals surface area contributed by atoms with Gasteiger partial charge in [0.25, 0.3) is 0 Å². The number of hydrogen-bond donors (Lipinski definition) is 1. The van der Waals surface area contributed by atoms with Gasteiger partial charge in [-0.1, -0.05) is 13.8 Å². The predicted molar refractivity (Wildman–Crippen MR) is 70.8 cm³/mol. The average molecular weight is 254 g/mol. The van der Waals surface area contributed by atoms with Crippen LogP contribution in [0.4, 0.5) is 5.69 Å². The van der Waals surface area contributed by atoms with E-state index < -0.39 is 0 Å². The van der Waals surface area contributed by atoms with Gasteiger partial charge < -0.3 is 5.32 Å². The Kier molecular flexibility index (Phi) is 4.84. The summed E-state index contributed by atoms with van der Waals surface area (Å²) in [5, 5.41) is 18.7. The van der Waals surface area contributed by atoms with Gasteiger partial charge >= 0.3 is 5.69 Å². The minimum Gasteiger partial charge on any atom is -0.314 e. The van der Waals surface area contributed by atoms with Gasteiger partial charge in [0.05, 0.1) is 4.92 Å². The Morgan fingerprint density at radius 1 is 1.50 bits per heavy atom. The van der Waals surface area contributed by atoms with Gasteiger partial charge in [-0.05, 0) is 26.8 Å². The molecule has 1 N–H and O–H groups in total. The smallest absolute Gasteiger partial charge is 0.313 e. The van der Waals surface area contributed by atoms with Crippen LogP contribution in [0.1, 0.15) is 44.5 Å². The monoisotopic (exact) mass is 254 g/mol. The second-order valence-corrected chi connectivity index (χ2v) is 4.73. The van der Waals surface area contributed by atoms with E-state index in [1.165, 1.54) is 0 Å². The maximum atomic E-state index is 11.1. The molecule has 0 saturated carbocycles. The lowest BCUT2D eigenvalue weighted by Crippen LogP contribution is -2.32. The molecule has 0 spiro atoms.